The molecule has 22 heavy (non-hydrogen) atoms. The SMILES string of the molecule is OCc1nn2c(c1Br)N[C@H](c1ccccc1)C[C@@H]2C(F)(F)F. The fraction of sp³-hybridized carbons (Fsp3) is 0.357. The highest BCUT2D eigenvalue weighted by Crippen LogP contribution is 2.46. The monoisotopic (exact) mass is 375 g/mol. The predicted molar refractivity (Wildman–Crippen MR) is 78.4 cm³/mol. The van der Waals surface area contributed by atoms with E-state index in [0.717, 1.165) is 10.2 Å². The molecule has 3 rings (SSSR count). The number of nitrogens with one attached hydrogen (secondary N) is 1. The average molecular weight is 376 g/mol. The highest BCUT2D eigenvalue weighted by Gasteiger charge is 2.47. The number of alkyl halides is 3. The van der Waals surface area contributed by atoms with Crippen LogP contribution in [-0.4, -0.2) is 21.1 Å². The van der Waals surface area contributed by atoms with Gasteiger partial charge in [0, 0.05) is 6.42 Å². The molecule has 2 N–H and O–H groups in total. The maximum absolute atomic E-state index is 13.4. The van der Waals surface area contributed by atoms with Crippen molar-refractivity contribution >= 4 is 21.7 Å². The van der Waals surface area contributed by atoms with E-state index in [4.69, 9.17) is 0 Å². The van der Waals surface area contributed by atoms with Crippen molar-refractivity contribution in [3.05, 3.63) is 46.1 Å². The molecule has 1 aromatic carbocycles. The zero-order valence-corrected chi connectivity index (χ0v) is 12.9. The maximum atomic E-state index is 13.4. The number of hydrogen-bond acceptors (Lipinski definition) is 3. The summed E-state index contributed by atoms with van der Waals surface area (Å²) in [5, 5.41) is 16.2. The Morgan fingerprint density at radius 2 is 2.00 bits per heavy atom. The third kappa shape index (κ3) is 2.61. The molecule has 2 aromatic rings. The van der Waals surface area contributed by atoms with Crippen LogP contribution in [0.15, 0.2) is 34.8 Å². The molecule has 0 unspecified atom stereocenters. The fourth-order valence-corrected chi connectivity index (χ4v) is 3.14. The van der Waals surface area contributed by atoms with Gasteiger partial charge in [-0.05, 0) is 21.5 Å². The van der Waals surface area contributed by atoms with E-state index in [0.29, 0.717) is 4.47 Å². The third-order valence-corrected chi connectivity index (χ3v) is 4.55. The minimum atomic E-state index is -4.41. The van der Waals surface area contributed by atoms with E-state index in [2.05, 4.69) is 26.3 Å². The number of nitrogens with zero attached hydrogens (tertiary/aromatic N) is 2. The van der Waals surface area contributed by atoms with Gasteiger partial charge in [-0.15, -0.1) is 0 Å². The molecular weight excluding hydrogens is 363 g/mol. The van der Waals surface area contributed by atoms with Crippen LogP contribution in [0.1, 0.15) is 29.8 Å². The lowest BCUT2D eigenvalue weighted by molar-refractivity contribution is -0.173. The zero-order valence-electron chi connectivity index (χ0n) is 11.3. The van der Waals surface area contributed by atoms with Crippen LogP contribution in [0, 0.1) is 0 Å². The van der Waals surface area contributed by atoms with E-state index < -0.39 is 24.9 Å². The number of benzene rings is 1. The molecule has 0 aliphatic carbocycles. The van der Waals surface area contributed by atoms with Crippen molar-refractivity contribution in [1.29, 1.82) is 0 Å². The van der Waals surface area contributed by atoms with E-state index in [1.54, 1.807) is 24.3 Å². The minimum absolute atomic E-state index is 0.153. The number of fused-ring (bicyclic) bond motifs is 1. The standard InChI is InChI=1S/C14H13BrF3N3O/c15-12-10(7-22)20-21-11(14(16,17)18)6-9(19-13(12)21)8-4-2-1-3-5-8/h1-5,9,11,19,22H,6-7H2/t9-,11+/m0/s1. The van der Waals surface area contributed by atoms with Crippen molar-refractivity contribution in [1.82, 2.24) is 9.78 Å². The van der Waals surface area contributed by atoms with Crippen LogP contribution in [0.25, 0.3) is 0 Å². The van der Waals surface area contributed by atoms with Crippen molar-refractivity contribution < 1.29 is 18.3 Å². The predicted octanol–water partition coefficient (Wildman–Crippen LogP) is 3.80. The molecule has 0 fully saturated rings. The van der Waals surface area contributed by atoms with E-state index in [1.807, 2.05) is 6.07 Å². The first kappa shape index (κ1) is 15.4. The first-order chi connectivity index (χ1) is 10.4. The first-order valence-electron chi connectivity index (χ1n) is 6.67. The quantitative estimate of drug-likeness (QED) is 0.839. The van der Waals surface area contributed by atoms with Crippen molar-refractivity contribution in [2.45, 2.75) is 31.3 Å². The van der Waals surface area contributed by atoms with E-state index in [-0.39, 0.29) is 17.9 Å². The molecule has 0 amide bonds. The van der Waals surface area contributed by atoms with Gasteiger partial charge in [-0.2, -0.15) is 18.3 Å². The van der Waals surface area contributed by atoms with Gasteiger partial charge in [0.1, 0.15) is 11.5 Å². The Hall–Kier alpha value is -1.54. The number of hydrogen-bond donors (Lipinski definition) is 2. The summed E-state index contributed by atoms with van der Waals surface area (Å²) >= 11 is 3.22. The number of aromatic nitrogens is 2. The summed E-state index contributed by atoms with van der Waals surface area (Å²) in [6.07, 6.45) is -4.57. The highest BCUT2D eigenvalue weighted by molar-refractivity contribution is 9.10. The van der Waals surface area contributed by atoms with Gasteiger partial charge in [-0.3, -0.25) is 0 Å². The summed E-state index contributed by atoms with van der Waals surface area (Å²) in [7, 11) is 0. The molecule has 0 bridgehead atoms. The largest absolute Gasteiger partial charge is 0.410 e. The lowest BCUT2D eigenvalue weighted by atomic mass is 9.97. The summed E-state index contributed by atoms with van der Waals surface area (Å²) in [4.78, 5) is 0. The molecule has 0 spiro atoms. The molecule has 1 aromatic heterocycles. The Bertz CT molecular complexity index is 672. The molecule has 2 atom stereocenters. The highest BCUT2D eigenvalue weighted by atomic mass is 79.9. The Kier molecular flexibility index (Phi) is 3.90. The second kappa shape index (κ2) is 5.58. The van der Waals surface area contributed by atoms with Gasteiger partial charge in [0.2, 0.25) is 0 Å². The first-order valence-corrected chi connectivity index (χ1v) is 7.47. The van der Waals surface area contributed by atoms with Gasteiger partial charge in [0.25, 0.3) is 0 Å². The van der Waals surface area contributed by atoms with Gasteiger partial charge in [-0.25, -0.2) is 4.68 Å². The maximum Gasteiger partial charge on any atom is 0.410 e. The van der Waals surface area contributed by atoms with Crippen LogP contribution < -0.4 is 5.32 Å². The smallest absolute Gasteiger partial charge is 0.390 e. The summed E-state index contributed by atoms with van der Waals surface area (Å²) in [6.45, 7) is -0.428. The summed E-state index contributed by atoms with van der Waals surface area (Å²) in [6, 6.07) is 6.78. The van der Waals surface area contributed by atoms with Crippen LogP contribution in [0.2, 0.25) is 0 Å². The Morgan fingerprint density at radius 3 is 2.59 bits per heavy atom. The summed E-state index contributed by atoms with van der Waals surface area (Å²) < 4.78 is 41.4. The number of rotatable bonds is 2. The van der Waals surface area contributed by atoms with Crippen LogP contribution in [0.4, 0.5) is 19.0 Å². The van der Waals surface area contributed by atoms with Crippen molar-refractivity contribution in [3.8, 4) is 0 Å². The average Bonchev–Trinajstić information content (AvgIpc) is 2.83. The second-order valence-corrected chi connectivity index (χ2v) is 5.91. The molecule has 2 heterocycles. The molecule has 0 saturated heterocycles. The number of aliphatic hydroxyl groups is 1. The summed E-state index contributed by atoms with van der Waals surface area (Å²) in [5.41, 5.74) is 0.965. The lowest BCUT2D eigenvalue weighted by Gasteiger charge is -2.33. The van der Waals surface area contributed by atoms with Crippen LogP contribution >= 0.6 is 15.9 Å². The van der Waals surface area contributed by atoms with Gasteiger partial charge in [0.15, 0.2) is 6.04 Å². The number of aliphatic hydroxyl groups excluding tert-OH is 1. The normalized spacial score (nSPS) is 21.3. The zero-order chi connectivity index (χ0) is 15.9. The van der Waals surface area contributed by atoms with E-state index in [9.17, 15) is 18.3 Å². The second-order valence-electron chi connectivity index (χ2n) is 5.11. The van der Waals surface area contributed by atoms with Crippen molar-refractivity contribution in [2.75, 3.05) is 5.32 Å². The molecule has 118 valence electrons. The third-order valence-electron chi connectivity index (χ3n) is 3.71. The molecule has 1 aliphatic rings. The van der Waals surface area contributed by atoms with Crippen molar-refractivity contribution in [3.63, 3.8) is 0 Å². The molecule has 0 saturated carbocycles. The van der Waals surface area contributed by atoms with Gasteiger partial charge in [-0.1, -0.05) is 30.3 Å². The Balaban J connectivity index is 2.06. The minimum Gasteiger partial charge on any atom is -0.390 e. The van der Waals surface area contributed by atoms with Crippen LogP contribution in [-0.2, 0) is 6.61 Å². The lowest BCUT2D eigenvalue weighted by Crippen LogP contribution is -2.35. The van der Waals surface area contributed by atoms with E-state index in [1.165, 1.54) is 0 Å². The fourth-order valence-electron chi connectivity index (χ4n) is 2.64. The topological polar surface area (TPSA) is 50.1 Å². The van der Waals surface area contributed by atoms with Gasteiger partial charge < -0.3 is 10.4 Å². The molecular formula is C14H13BrF3N3O. The summed E-state index contributed by atoms with van der Waals surface area (Å²) in [5.74, 6) is 0.242. The van der Waals surface area contributed by atoms with Crippen molar-refractivity contribution in [2.24, 2.45) is 0 Å². The molecule has 0 radical (unpaired) electrons. The molecule has 8 heteroatoms. The van der Waals surface area contributed by atoms with Gasteiger partial charge >= 0.3 is 6.18 Å². The molecule has 4 nitrogen and oxygen atoms in total. The Morgan fingerprint density at radius 1 is 1.32 bits per heavy atom. The molecule has 1 aliphatic heterocycles. The Labute approximate surface area is 133 Å². The number of anilines is 1. The van der Waals surface area contributed by atoms with Gasteiger partial charge in [0.05, 0.1) is 17.1 Å². The van der Waals surface area contributed by atoms with E-state index >= 15 is 0 Å². The number of halogens is 4. The van der Waals surface area contributed by atoms with Crippen LogP contribution in [0.5, 0.6) is 0 Å². The van der Waals surface area contributed by atoms with Crippen LogP contribution in [0.3, 0.4) is 0 Å².